The first-order valence-corrected chi connectivity index (χ1v) is 9.65. The Bertz CT molecular complexity index is 983. The molecular formula is C13H15NO8S2. The van der Waals surface area contributed by atoms with Crippen LogP contribution in [0.2, 0.25) is 0 Å². The second kappa shape index (κ2) is 6.43. The van der Waals surface area contributed by atoms with Crippen molar-refractivity contribution in [3.63, 3.8) is 0 Å². The van der Waals surface area contributed by atoms with Gasteiger partial charge in [0.05, 0.1) is 23.4 Å². The molecular weight excluding hydrogens is 362 g/mol. The first-order valence-electron chi connectivity index (χ1n) is 6.60. The summed E-state index contributed by atoms with van der Waals surface area (Å²) in [4.78, 5) is -0.629. The highest BCUT2D eigenvalue weighted by Crippen LogP contribution is 2.41. The molecule has 0 spiro atoms. The number of benzene rings is 2. The van der Waals surface area contributed by atoms with E-state index >= 15 is 0 Å². The van der Waals surface area contributed by atoms with Crippen LogP contribution < -0.4 is 10.5 Å². The number of phenolic OH excluding ortho intramolecular Hbond substituents is 1. The van der Waals surface area contributed by atoms with Crippen LogP contribution in [0.25, 0.3) is 10.8 Å². The van der Waals surface area contributed by atoms with Crippen LogP contribution in [-0.2, 0) is 20.2 Å². The summed E-state index contributed by atoms with van der Waals surface area (Å²) in [6, 6.07) is 5.56. The number of phenols is 1. The Kier molecular flexibility index (Phi) is 4.90. The number of fused-ring (bicyclic) bond motifs is 1. The molecule has 11 heteroatoms. The smallest absolute Gasteiger partial charge is 0.296 e. The molecule has 2 rings (SSSR count). The lowest BCUT2D eigenvalue weighted by atomic mass is 10.1. The van der Waals surface area contributed by atoms with Crippen molar-refractivity contribution < 1.29 is 35.8 Å². The van der Waals surface area contributed by atoms with Gasteiger partial charge in [-0.25, -0.2) is 0 Å². The van der Waals surface area contributed by atoms with Crippen molar-refractivity contribution in [1.29, 1.82) is 0 Å². The van der Waals surface area contributed by atoms with Gasteiger partial charge in [0, 0.05) is 0 Å². The van der Waals surface area contributed by atoms with Crippen LogP contribution in [-0.4, -0.2) is 43.4 Å². The Morgan fingerprint density at radius 1 is 1.12 bits per heavy atom. The van der Waals surface area contributed by atoms with Gasteiger partial charge in [0.2, 0.25) is 0 Å². The average molecular weight is 377 g/mol. The van der Waals surface area contributed by atoms with Crippen LogP contribution in [0, 0.1) is 0 Å². The van der Waals surface area contributed by atoms with E-state index in [2.05, 4.69) is 0 Å². The molecule has 0 bridgehead atoms. The fourth-order valence-corrected chi connectivity index (χ4v) is 3.28. The van der Waals surface area contributed by atoms with Crippen molar-refractivity contribution >= 4 is 36.7 Å². The maximum atomic E-state index is 11.3. The van der Waals surface area contributed by atoms with Crippen LogP contribution in [0.15, 0.2) is 29.2 Å². The lowest BCUT2D eigenvalue weighted by molar-refractivity contribution is 0.319. The lowest BCUT2D eigenvalue weighted by Crippen LogP contribution is -2.09. The number of hydrogen-bond acceptors (Lipinski definition) is 7. The van der Waals surface area contributed by atoms with E-state index in [1.165, 1.54) is 18.2 Å². The summed E-state index contributed by atoms with van der Waals surface area (Å²) < 4.78 is 67.0. The molecule has 5 N–H and O–H groups in total. The first kappa shape index (κ1) is 18.3. The molecule has 0 saturated carbocycles. The van der Waals surface area contributed by atoms with E-state index in [0.29, 0.717) is 0 Å². The van der Waals surface area contributed by atoms with Crippen molar-refractivity contribution in [3.05, 3.63) is 24.3 Å². The quantitative estimate of drug-likeness (QED) is 0.249. The maximum absolute atomic E-state index is 11.3. The second-order valence-electron chi connectivity index (χ2n) is 4.95. The highest BCUT2D eigenvalue weighted by Gasteiger charge is 2.21. The Hall–Kier alpha value is -2.08. The largest absolute Gasteiger partial charge is 0.505 e. The lowest BCUT2D eigenvalue weighted by Gasteiger charge is -2.13. The summed E-state index contributed by atoms with van der Waals surface area (Å²) in [5.41, 5.74) is 5.03. The predicted octanol–water partition coefficient (Wildman–Crippen LogP) is 1.03. The highest BCUT2D eigenvalue weighted by molar-refractivity contribution is 7.86. The van der Waals surface area contributed by atoms with Crippen LogP contribution in [0.4, 0.5) is 5.69 Å². The van der Waals surface area contributed by atoms with E-state index in [1.807, 2.05) is 0 Å². The molecule has 0 amide bonds. The van der Waals surface area contributed by atoms with E-state index in [9.17, 15) is 21.9 Å². The number of ether oxygens (including phenoxy) is 1. The molecule has 2 aromatic carbocycles. The minimum absolute atomic E-state index is 0.00850. The topological polar surface area (TPSA) is 164 Å². The van der Waals surface area contributed by atoms with Crippen LogP contribution in [0.1, 0.15) is 6.42 Å². The second-order valence-corrected chi connectivity index (χ2v) is 7.92. The van der Waals surface area contributed by atoms with Crippen LogP contribution in [0.3, 0.4) is 0 Å². The van der Waals surface area contributed by atoms with Crippen molar-refractivity contribution in [2.45, 2.75) is 11.3 Å². The standard InChI is InChI=1S/C13H15NO8S2/c14-12-10(24(19,20)21)7-8-3-1-4-9(11(8)13(12)15)22-5-2-6-23(16,17)18/h1,3-4,7,15H,2,5-6,14H2,(H,16,17,18)(H,19,20,21). The Morgan fingerprint density at radius 2 is 1.79 bits per heavy atom. The third-order valence-corrected chi connectivity index (χ3v) is 4.88. The highest BCUT2D eigenvalue weighted by atomic mass is 32.2. The number of anilines is 1. The van der Waals surface area contributed by atoms with Gasteiger partial charge in [0.1, 0.15) is 10.6 Å². The first-order chi connectivity index (χ1) is 11.0. The van der Waals surface area contributed by atoms with Crippen LogP contribution >= 0.6 is 0 Å². The van der Waals surface area contributed by atoms with Gasteiger partial charge < -0.3 is 15.6 Å². The van der Waals surface area contributed by atoms with Gasteiger partial charge in [-0.3, -0.25) is 9.11 Å². The molecule has 0 atom stereocenters. The molecule has 132 valence electrons. The maximum Gasteiger partial charge on any atom is 0.296 e. The van der Waals surface area contributed by atoms with Gasteiger partial charge in [-0.2, -0.15) is 16.8 Å². The number of hydrogen-bond donors (Lipinski definition) is 4. The predicted molar refractivity (Wildman–Crippen MR) is 86.4 cm³/mol. The number of nitrogens with two attached hydrogens (primary N) is 1. The van der Waals surface area contributed by atoms with Gasteiger partial charge in [-0.05, 0) is 23.9 Å². The molecule has 0 aromatic heterocycles. The minimum atomic E-state index is -4.62. The molecule has 0 aliphatic carbocycles. The summed E-state index contributed by atoms with van der Waals surface area (Å²) in [7, 11) is -8.72. The molecule has 24 heavy (non-hydrogen) atoms. The average Bonchev–Trinajstić information content (AvgIpc) is 2.45. The molecule has 9 nitrogen and oxygen atoms in total. The minimum Gasteiger partial charge on any atom is -0.505 e. The van der Waals surface area contributed by atoms with Crippen molar-refractivity contribution in [3.8, 4) is 11.5 Å². The number of rotatable bonds is 6. The van der Waals surface area contributed by atoms with Gasteiger partial charge in [-0.1, -0.05) is 12.1 Å². The molecule has 0 unspecified atom stereocenters. The Morgan fingerprint density at radius 3 is 2.38 bits per heavy atom. The fourth-order valence-electron chi connectivity index (χ4n) is 2.15. The van der Waals surface area contributed by atoms with Gasteiger partial charge in [0.15, 0.2) is 5.75 Å². The third-order valence-electron chi connectivity index (χ3n) is 3.18. The monoisotopic (exact) mass is 377 g/mol. The summed E-state index contributed by atoms with van der Waals surface area (Å²) in [6.45, 7) is -0.0711. The van der Waals surface area contributed by atoms with E-state index in [-0.39, 0.29) is 29.5 Å². The molecule has 0 saturated heterocycles. The van der Waals surface area contributed by atoms with E-state index in [4.69, 9.17) is 19.6 Å². The van der Waals surface area contributed by atoms with E-state index in [1.54, 1.807) is 0 Å². The Balaban J connectivity index is 2.41. The summed E-state index contributed by atoms with van der Waals surface area (Å²) in [5, 5.41) is 10.5. The van der Waals surface area contributed by atoms with Gasteiger partial charge in [-0.15, -0.1) is 0 Å². The van der Waals surface area contributed by atoms with E-state index < -0.39 is 42.3 Å². The van der Waals surface area contributed by atoms with Gasteiger partial charge >= 0.3 is 0 Å². The van der Waals surface area contributed by atoms with Crippen molar-refractivity contribution in [2.75, 3.05) is 18.1 Å². The molecule has 0 fully saturated rings. The SMILES string of the molecule is Nc1c(S(=O)(=O)O)cc2cccc(OCCCS(=O)(=O)O)c2c1O. The molecule has 0 radical (unpaired) electrons. The summed E-state index contributed by atoms with van der Waals surface area (Å²) in [5.74, 6) is -0.918. The zero-order valence-electron chi connectivity index (χ0n) is 12.2. The third kappa shape index (κ3) is 4.06. The van der Waals surface area contributed by atoms with Crippen molar-refractivity contribution in [2.24, 2.45) is 0 Å². The van der Waals surface area contributed by atoms with Gasteiger partial charge in [0.25, 0.3) is 20.2 Å². The zero-order chi connectivity index (χ0) is 18.1. The number of nitrogen functional groups attached to an aromatic ring is 1. The molecule has 0 aliphatic heterocycles. The molecule has 2 aromatic rings. The summed E-state index contributed by atoms with van der Waals surface area (Å²) >= 11 is 0. The normalized spacial score (nSPS) is 12.4. The Labute approximate surface area is 138 Å². The molecule has 0 aliphatic rings. The molecule has 0 heterocycles. The van der Waals surface area contributed by atoms with Crippen LogP contribution in [0.5, 0.6) is 11.5 Å². The number of aromatic hydroxyl groups is 1. The fraction of sp³-hybridized carbons (Fsp3) is 0.231. The van der Waals surface area contributed by atoms with E-state index in [0.717, 1.165) is 6.07 Å². The zero-order valence-corrected chi connectivity index (χ0v) is 13.8. The summed E-state index contributed by atoms with van der Waals surface area (Å²) in [6.07, 6.45) is 0.00850. The van der Waals surface area contributed by atoms with Crippen molar-refractivity contribution in [1.82, 2.24) is 0 Å².